The Morgan fingerprint density at radius 2 is 2.13 bits per heavy atom. The fraction of sp³-hybridized carbons (Fsp3) is 0.389. The van der Waals surface area contributed by atoms with E-state index in [4.69, 9.17) is 33.9 Å². The number of piperazine rings is 1. The van der Waals surface area contributed by atoms with Crippen LogP contribution in [0.3, 0.4) is 0 Å². The largest absolute Gasteiger partial charge is 0.351 e. The van der Waals surface area contributed by atoms with Gasteiger partial charge >= 0.3 is 0 Å². The Bertz CT molecular complexity index is 1100. The van der Waals surface area contributed by atoms with Crippen molar-refractivity contribution in [1.29, 1.82) is 0 Å². The number of rotatable bonds is 4. The molecule has 0 aromatic carbocycles. The zero-order valence-electron chi connectivity index (χ0n) is 16.6. The lowest BCUT2D eigenvalue weighted by Crippen LogP contribution is -2.76. The molecule has 1 atom stereocenters. The molecule has 1 fully saturated rings. The van der Waals surface area contributed by atoms with E-state index in [1.165, 1.54) is 6.07 Å². The van der Waals surface area contributed by atoms with Crippen molar-refractivity contribution in [3.8, 4) is 11.4 Å². The first-order chi connectivity index (χ1) is 14.2. The van der Waals surface area contributed by atoms with Crippen LogP contribution >= 0.6 is 11.6 Å². The molecule has 10 nitrogen and oxygen atoms in total. The second-order valence-electron chi connectivity index (χ2n) is 7.74. The van der Waals surface area contributed by atoms with Crippen LogP contribution in [0.2, 0.25) is 5.02 Å². The van der Waals surface area contributed by atoms with Crippen LogP contribution in [0.25, 0.3) is 22.4 Å². The van der Waals surface area contributed by atoms with Crippen molar-refractivity contribution in [2.45, 2.75) is 25.1 Å². The number of nitrogens with one attached hydrogen (secondary N) is 1. The third kappa shape index (κ3) is 3.24. The molecule has 30 heavy (non-hydrogen) atoms. The molecule has 0 radical (unpaired) electrons. The summed E-state index contributed by atoms with van der Waals surface area (Å²) in [5, 5.41) is 8.18. The first-order valence-corrected chi connectivity index (χ1v) is 9.66. The second kappa shape index (κ2) is 7.29. The van der Waals surface area contributed by atoms with Gasteiger partial charge in [0.15, 0.2) is 11.5 Å². The molecule has 3 aromatic rings. The van der Waals surface area contributed by atoms with E-state index < -0.39 is 17.1 Å². The summed E-state index contributed by atoms with van der Waals surface area (Å²) in [5.41, 5.74) is 5.37. The van der Waals surface area contributed by atoms with Crippen LogP contribution in [-0.2, 0) is 4.84 Å². The number of hydrogen-bond acceptors (Lipinski definition) is 9. The predicted molar refractivity (Wildman–Crippen MR) is 112 cm³/mol. The Morgan fingerprint density at radius 1 is 1.37 bits per heavy atom. The fourth-order valence-corrected chi connectivity index (χ4v) is 3.79. The third-order valence-electron chi connectivity index (χ3n) is 5.53. The normalized spacial score (nSPS) is 20.1. The average molecular weight is 436 g/mol. The molecule has 12 heteroatoms. The van der Waals surface area contributed by atoms with Crippen LogP contribution in [0.1, 0.15) is 13.8 Å². The highest BCUT2D eigenvalue weighted by Gasteiger charge is 2.46. The monoisotopic (exact) mass is 435 g/mol. The van der Waals surface area contributed by atoms with Crippen molar-refractivity contribution < 1.29 is 9.23 Å². The number of nitrogen functional groups attached to an aromatic ring is 1. The number of hydrogen-bond donors (Lipinski definition) is 4. The Labute approximate surface area is 177 Å². The summed E-state index contributed by atoms with van der Waals surface area (Å²) in [4.78, 5) is 16.7. The van der Waals surface area contributed by atoms with Gasteiger partial charge in [-0.05, 0) is 32.0 Å². The summed E-state index contributed by atoms with van der Waals surface area (Å²) < 4.78 is 14.9. The Hall–Kier alpha value is -2.57. The zero-order chi connectivity index (χ0) is 21.7. The lowest BCUT2D eigenvalue weighted by molar-refractivity contribution is -0.0874. The summed E-state index contributed by atoms with van der Waals surface area (Å²) in [6, 6.07) is 4.68. The Kier molecular flexibility index (Phi) is 5.03. The van der Waals surface area contributed by atoms with E-state index in [2.05, 4.69) is 20.4 Å². The molecule has 4 heterocycles. The van der Waals surface area contributed by atoms with E-state index in [1.54, 1.807) is 32.2 Å². The number of nitrogens with two attached hydrogens (primary N) is 3. The van der Waals surface area contributed by atoms with Gasteiger partial charge in [0.1, 0.15) is 28.5 Å². The SMILES string of the molecule is CC(C)(ON)[C@]1(N)CN(c2nc(-c3nn(N)c4ncccc34)c(F)cc2Cl)CCN1. The highest BCUT2D eigenvalue weighted by Crippen LogP contribution is 2.34. The number of pyridine rings is 2. The Morgan fingerprint density at radius 3 is 2.87 bits per heavy atom. The van der Waals surface area contributed by atoms with Gasteiger partial charge in [-0.3, -0.25) is 10.2 Å². The maximum absolute atomic E-state index is 14.9. The first-order valence-electron chi connectivity index (χ1n) is 9.29. The molecule has 0 amide bonds. The van der Waals surface area contributed by atoms with Gasteiger partial charge in [-0.25, -0.2) is 20.3 Å². The predicted octanol–water partition coefficient (Wildman–Crippen LogP) is 0.733. The van der Waals surface area contributed by atoms with Crippen LogP contribution in [-0.4, -0.2) is 50.8 Å². The van der Waals surface area contributed by atoms with Gasteiger partial charge in [0.25, 0.3) is 0 Å². The van der Waals surface area contributed by atoms with Gasteiger partial charge in [0.2, 0.25) is 0 Å². The molecule has 0 aliphatic carbocycles. The standard InChI is InChI=1S/C18H23ClFN9O/c1-17(2,30-23)18(21)9-28(7-6-25-18)16-11(19)8-12(20)14(26-16)13-10-4-3-5-24-15(10)29(22)27-13/h3-5,8,25H,6-7,9,21-23H2,1-2H3/t18-/m0/s1. The highest BCUT2D eigenvalue weighted by atomic mass is 35.5. The number of halogens is 2. The van der Waals surface area contributed by atoms with Crippen LogP contribution in [0.5, 0.6) is 0 Å². The minimum absolute atomic E-state index is 0.0205. The molecular formula is C18H23ClFN9O. The maximum atomic E-state index is 14.9. The van der Waals surface area contributed by atoms with Crippen molar-refractivity contribution in [2.24, 2.45) is 11.6 Å². The molecule has 0 spiro atoms. The molecule has 1 aliphatic rings. The van der Waals surface area contributed by atoms with Crippen LogP contribution < -0.4 is 27.7 Å². The smallest absolute Gasteiger partial charge is 0.181 e. The van der Waals surface area contributed by atoms with E-state index >= 15 is 0 Å². The Balaban J connectivity index is 1.79. The van der Waals surface area contributed by atoms with Crippen molar-refractivity contribution in [3.63, 3.8) is 0 Å². The molecule has 7 N–H and O–H groups in total. The average Bonchev–Trinajstić information content (AvgIpc) is 3.05. The van der Waals surface area contributed by atoms with E-state index in [1.807, 2.05) is 4.90 Å². The summed E-state index contributed by atoms with van der Waals surface area (Å²) >= 11 is 6.36. The van der Waals surface area contributed by atoms with Crippen LogP contribution in [0.15, 0.2) is 24.4 Å². The molecule has 1 saturated heterocycles. The summed E-state index contributed by atoms with van der Waals surface area (Å²) in [6.07, 6.45) is 1.58. The van der Waals surface area contributed by atoms with E-state index in [9.17, 15) is 4.39 Å². The minimum atomic E-state index is -0.991. The minimum Gasteiger partial charge on any atom is -0.351 e. The molecule has 4 rings (SSSR count). The quantitative estimate of drug-likeness (QED) is 0.344. The summed E-state index contributed by atoms with van der Waals surface area (Å²) in [5.74, 6) is 11.1. The number of anilines is 1. The van der Waals surface area contributed by atoms with Crippen molar-refractivity contribution in [3.05, 3.63) is 35.2 Å². The van der Waals surface area contributed by atoms with Gasteiger partial charge in [0, 0.05) is 19.3 Å². The number of aromatic nitrogens is 4. The molecule has 1 aliphatic heterocycles. The third-order valence-corrected chi connectivity index (χ3v) is 5.81. The van der Waals surface area contributed by atoms with Crippen LogP contribution in [0, 0.1) is 5.82 Å². The summed E-state index contributed by atoms with van der Waals surface area (Å²) in [6.45, 7) is 4.91. The van der Waals surface area contributed by atoms with Gasteiger partial charge in [-0.2, -0.15) is 4.79 Å². The van der Waals surface area contributed by atoms with Crippen molar-refractivity contribution in [1.82, 2.24) is 25.2 Å². The molecular weight excluding hydrogens is 413 g/mol. The lowest BCUT2D eigenvalue weighted by Gasteiger charge is -2.49. The molecule has 0 saturated carbocycles. The second-order valence-corrected chi connectivity index (χ2v) is 8.15. The molecule has 160 valence electrons. The molecule has 0 bridgehead atoms. The zero-order valence-corrected chi connectivity index (χ0v) is 17.3. The lowest BCUT2D eigenvalue weighted by atomic mass is 9.89. The van der Waals surface area contributed by atoms with Gasteiger partial charge < -0.3 is 16.5 Å². The number of nitrogens with zero attached hydrogens (tertiary/aromatic N) is 5. The highest BCUT2D eigenvalue weighted by molar-refractivity contribution is 6.33. The summed E-state index contributed by atoms with van der Waals surface area (Å²) in [7, 11) is 0. The van der Waals surface area contributed by atoms with E-state index in [0.717, 1.165) is 4.79 Å². The van der Waals surface area contributed by atoms with E-state index in [-0.39, 0.29) is 23.0 Å². The van der Waals surface area contributed by atoms with E-state index in [0.29, 0.717) is 29.9 Å². The van der Waals surface area contributed by atoms with Crippen LogP contribution in [0.4, 0.5) is 10.2 Å². The first kappa shape index (κ1) is 20.7. The van der Waals surface area contributed by atoms with Gasteiger partial charge in [-0.15, -0.1) is 5.10 Å². The fourth-order valence-electron chi connectivity index (χ4n) is 3.53. The van der Waals surface area contributed by atoms with Gasteiger partial charge in [-0.1, -0.05) is 11.6 Å². The molecule has 3 aromatic heterocycles. The van der Waals surface area contributed by atoms with Gasteiger partial charge in [0.05, 0.1) is 17.0 Å². The van der Waals surface area contributed by atoms with Crippen molar-refractivity contribution >= 4 is 28.5 Å². The topological polar surface area (TPSA) is 146 Å². The van der Waals surface area contributed by atoms with Crippen molar-refractivity contribution in [2.75, 3.05) is 30.4 Å². The molecule has 0 unspecified atom stereocenters. The number of fused-ring (bicyclic) bond motifs is 1. The maximum Gasteiger partial charge on any atom is 0.181 e.